The highest BCUT2D eigenvalue weighted by Gasteiger charge is 2.16. The Kier molecular flexibility index (Phi) is 4.34. The molecule has 1 atom stereocenters. The van der Waals surface area contributed by atoms with Crippen molar-refractivity contribution >= 4 is 33.3 Å². The lowest BCUT2D eigenvalue weighted by atomic mass is 10.1. The van der Waals surface area contributed by atoms with Crippen LogP contribution in [0.1, 0.15) is 30.1 Å². The van der Waals surface area contributed by atoms with Crippen molar-refractivity contribution in [3.05, 3.63) is 41.2 Å². The summed E-state index contributed by atoms with van der Waals surface area (Å²) in [5, 5.41) is 4.68. The Bertz CT molecular complexity index is 630. The first-order valence-electron chi connectivity index (χ1n) is 6.72. The SMILES string of the molecule is CCCNC(Cc1nc2ccccc2s1)c1cnsn1. The lowest BCUT2D eigenvalue weighted by Gasteiger charge is -2.14. The first-order valence-corrected chi connectivity index (χ1v) is 8.27. The molecular formula is C14H16N4S2. The summed E-state index contributed by atoms with van der Waals surface area (Å²) >= 11 is 3.02. The predicted octanol–water partition coefficient (Wildman–Crippen LogP) is 3.43. The molecule has 0 spiro atoms. The fourth-order valence-electron chi connectivity index (χ4n) is 2.11. The number of benzene rings is 1. The summed E-state index contributed by atoms with van der Waals surface area (Å²) in [4.78, 5) is 4.70. The van der Waals surface area contributed by atoms with Crippen LogP contribution in [0.4, 0.5) is 0 Å². The topological polar surface area (TPSA) is 50.7 Å². The van der Waals surface area contributed by atoms with E-state index in [9.17, 15) is 0 Å². The molecule has 3 rings (SSSR count). The van der Waals surface area contributed by atoms with Crippen molar-refractivity contribution in [3.8, 4) is 0 Å². The molecule has 1 unspecified atom stereocenters. The summed E-state index contributed by atoms with van der Waals surface area (Å²) in [7, 11) is 0. The number of aromatic nitrogens is 3. The third kappa shape index (κ3) is 3.03. The second-order valence-electron chi connectivity index (χ2n) is 4.62. The molecule has 0 saturated heterocycles. The van der Waals surface area contributed by atoms with Gasteiger partial charge in [0.2, 0.25) is 0 Å². The second-order valence-corrected chi connectivity index (χ2v) is 6.29. The van der Waals surface area contributed by atoms with Crippen molar-refractivity contribution in [1.29, 1.82) is 0 Å². The number of nitrogens with zero attached hydrogens (tertiary/aromatic N) is 3. The fraction of sp³-hybridized carbons (Fsp3) is 0.357. The molecule has 2 aromatic heterocycles. The van der Waals surface area contributed by atoms with Gasteiger partial charge in [0.1, 0.15) is 0 Å². The number of hydrogen-bond donors (Lipinski definition) is 1. The molecule has 2 heterocycles. The van der Waals surface area contributed by atoms with Gasteiger partial charge in [-0.05, 0) is 25.1 Å². The van der Waals surface area contributed by atoms with Gasteiger partial charge in [0.25, 0.3) is 0 Å². The zero-order valence-electron chi connectivity index (χ0n) is 11.2. The van der Waals surface area contributed by atoms with E-state index in [0.717, 1.165) is 35.6 Å². The van der Waals surface area contributed by atoms with E-state index in [-0.39, 0.29) is 6.04 Å². The van der Waals surface area contributed by atoms with Crippen LogP contribution in [0.5, 0.6) is 0 Å². The molecule has 6 heteroatoms. The predicted molar refractivity (Wildman–Crippen MR) is 84.3 cm³/mol. The molecule has 0 saturated carbocycles. The molecule has 1 N–H and O–H groups in total. The lowest BCUT2D eigenvalue weighted by Crippen LogP contribution is -2.24. The van der Waals surface area contributed by atoms with Crippen molar-refractivity contribution in [2.75, 3.05) is 6.54 Å². The van der Waals surface area contributed by atoms with Crippen LogP contribution in [0.3, 0.4) is 0 Å². The van der Waals surface area contributed by atoms with Gasteiger partial charge >= 0.3 is 0 Å². The minimum absolute atomic E-state index is 0.203. The number of rotatable bonds is 6. The Morgan fingerprint density at radius 2 is 2.20 bits per heavy atom. The quantitative estimate of drug-likeness (QED) is 0.758. The number of fused-ring (bicyclic) bond motifs is 1. The molecule has 3 aromatic rings. The Balaban J connectivity index is 1.81. The van der Waals surface area contributed by atoms with Crippen LogP contribution in [0.25, 0.3) is 10.2 Å². The van der Waals surface area contributed by atoms with Gasteiger partial charge in [-0.15, -0.1) is 11.3 Å². The number of para-hydroxylation sites is 1. The van der Waals surface area contributed by atoms with Gasteiger partial charge < -0.3 is 5.32 Å². The first kappa shape index (κ1) is 13.6. The Labute approximate surface area is 126 Å². The lowest BCUT2D eigenvalue weighted by molar-refractivity contribution is 0.520. The van der Waals surface area contributed by atoms with Crippen molar-refractivity contribution in [1.82, 2.24) is 19.0 Å². The summed E-state index contributed by atoms with van der Waals surface area (Å²) in [6.07, 6.45) is 3.82. The number of hydrogen-bond acceptors (Lipinski definition) is 6. The van der Waals surface area contributed by atoms with Crippen molar-refractivity contribution in [2.24, 2.45) is 0 Å². The fourth-order valence-corrected chi connectivity index (χ4v) is 3.59. The summed E-state index contributed by atoms with van der Waals surface area (Å²) in [6.45, 7) is 3.15. The maximum Gasteiger partial charge on any atom is 0.0958 e. The van der Waals surface area contributed by atoms with E-state index in [2.05, 4.69) is 39.2 Å². The van der Waals surface area contributed by atoms with Crippen molar-refractivity contribution in [2.45, 2.75) is 25.8 Å². The van der Waals surface area contributed by atoms with Crippen LogP contribution >= 0.6 is 23.1 Å². The molecular weight excluding hydrogens is 288 g/mol. The maximum absolute atomic E-state index is 4.70. The smallest absolute Gasteiger partial charge is 0.0958 e. The maximum atomic E-state index is 4.70. The molecule has 1 aromatic carbocycles. The minimum Gasteiger partial charge on any atom is -0.308 e. The van der Waals surface area contributed by atoms with Crippen LogP contribution in [0.2, 0.25) is 0 Å². The standard InChI is InChI=1S/C14H16N4S2/c1-2-7-15-11(12-9-16-20-18-12)8-14-17-10-5-3-4-6-13(10)19-14/h3-6,9,11,15H,2,7-8H2,1H3. The van der Waals surface area contributed by atoms with Crippen molar-refractivity contribution in [3.63, 3.8) is 0 Å². The molecule has 4 nitrogen and oxygen atoms in total. The van der Waals surface area contributed by atoms with Crippen LogP contribution in [0, 0.1) is 0 Å². The van der Waals surface area contributed by atoms with Crippen molar-refractivity contribution < 1.29 is 0 Å². The van der Waals surface area contributed by atoms with Crippen LogP contribution < -0.4 is 5.32 Å². The molecule has 0 amide bonds. The van der Waals surface area contributed by atoms with Crippen LogP contribution in [-0.2, 0) is 6.42 Å². The van der Waals surface area contributed by atoms with E-state index in [1.165, 1.54) is 16.4 Å². The first-order chi connectivity index (χ1) is 9.86. The zero-order valence-corrected chi connectivity index (χ0v) is 12.9. The molecule has 0 aliphatic rings. The highest BCUT2D eigenvalue weighted by molar-refractivity contribution is 7.18. The summed E-state index contributed by atoms with van der Waals surface area (Å²) in [5.74, 6) is 0. The Hall–Kier alpha value is -1.37. The van der Waals surface area contributed by atoms with E-state index < -0.39 is 0 Å². The summed E-state index contributed by atoms with van der Waals surface area (Å²) in [6, 6.07) is 8.47. The Morgan fingerprint density at radius 1 is 1.30 bits per heavy atom. The average molecular weight is 304 g/mol. The second kappa shape index (κ2) is 6.39. The van der Waals surface area contributed by atoms with Gasteiger partial charge in [0.05, 0.1) is 44.9 Å². The van der Waals surface area contributed by atoms with Gasteiger partial charge in [0, 0.05) is 6.42 Å². The number of nitrogens with one attached hydrogen (secondary N) is 1. The van der Waals surface area contributed by atoms with Gasteiger partial charge in [0.15, 0.2) is 0 Å². The average Bonchev–Trinajstić information content (AvgIpc) is 3.11. The van der Waals surface area contributed by atoms with Gasteiger partial charge in [-0.1, -0.05) is 19.1 Å². The molecule has 0 aliphatic carbocycles. The molecule has 104 valence electrons. The normalized spacial score (nSPS) is 12.8. The zero-order chi connectivity index (χ0) is 13.8. The van der Waals surface area contributed by atoms with E-state index in [1.807, 2.05) is 12.3 Å². The van der Waals surface area contributed by atoms with E-state index >= 15 is 0 Å². The van der Waals surface area contributed by atoms with E-state index in [0.29, 0.717) is 0 Å². The third-order valence-corrected chi connectivity index (χ3v) is 4.64. The highest BCUT2D eigenvalue weighted by atomic mass is 32.1. The molecule has 0 radical (unpaired) electrons. The van der Waals surface area contributed by atoms with Gasteiger partial charge in [-0.25, -0.2) is 4.98 Å². The monoisotopic (exact) mass is 304 g/mol. The third-order valence-electron chi connectivity index (χ3n) is 3.09. The molecule has 0 aliphatic heterocycles. The van der Waals surface area contributed by atoms with E-state index in [4.69, 9.17) is 4.98 Å². The summed E-state index contributed by atoms with van der Waals surface area (Å²) < 4.78 is 9.72. The van der Waals surface area contributed by atoms with E-state index in [1.54, 1.807) is 11.3 Å². The summed E-state index contributed by atoms with van der Waals surface area (Å²) in [5.41, 5.74) is 2.10. The number of thiazole rings is 1. The van der Waals surface area contributed by atoms with Gasteiger partial charge in [-0.3, -0.25) is 0 Å². The van der Waals surface area contributed by atoms with Crippen LogP contribution in [-0.4, -0.2) is 20.3 Å². The largest absolute Gasteiger partial charge is 0.308 e. The van der Waals surface area contributed by atoms with Gasteiger partial charge in [-0.2, -0.15) is 8.75 Å². The Morgan fingerprint density at radius 3 is 2.95 bits per heavy atom. The molecule has 20 heavy (non-hydrogen) atoms. The molecule has 0 fully saturated rings. The van der Waals surface area contributed by atoms with Crippen LogP contribution in [0.15, 0.2) is 30.5 Å². The minimum atomic E-state index is 0.203. The highest BCUT2D eigenvalue weighted by Crippen LogP contribution is 2.25. The molecule has 0 bridgehead atoms.